The smallest absolute Gasteiger partial charge is 0.102 e. The molecular formula is C15H12Cl3N5. The van der Waals surface area contributed by atoms with Gasteiger partial charge in [0.05, 0.1) is 27.0 Å². The number of allylic oxidation sites excluding steroid dienone is 1. The van der Waals surface area contributed by atoms with Crippen LogP contribution in [0, 0.1) is 11.3 Å². The Hall–Kier alpha value is -1.94. The average Bonchev–Trinajstić information content (AvgIpc) is 2.54. The summed E-state index contributed by atoms with van der Waals surface area (Å²) >= 11 is 18.4. The van der Waals surface area contributed by atoms with Gasteiger partial charge in [-0.25, -0.2) is 0 Å². The van der Waals surface area contributed by atoms with Crippen LogP contribution in [0.5, 0.6) is 0 Å². The van der Waals surface area contributed by atoms with Crippen LogP contribution in [-0.2, 0) is 0 Å². The molecule has 0 spiro atoms. The van der Waals surface area contributed by atoms with Crippen LogP contribution >= 0.6 is 34.8 Å². The quantitative estimate of drug-likeness (QED) is 0.285. The summed E-state index contributed by atoms with van der Waals surface area (Å²) in [7, 11) is 0. The number of nitrogen functional groups attached to an aromatic ring is 1. The zero-order chi connectivity index (χ0) is 17.0. The Morgan fingerprint density at radius 1 is 1.00 bits per heavy atom. The van der Waals surface area contributed by atoms with Crippen LogP contribution in [-0.4, -0.2) is 0 Å². The third-order valence-corrected chi connectivity index (χ3v) is 3.95. The molecule has 0 bridgehead atoms. The van der Waals surface area contributed by atoms with Crippen LogP contribution in [0.2, 0.25) is 15.1 Å². The molecule has 0 aliphatic carbocycles. The molecule has 0 saturated heterocycles. The van der Waals surface area contributed by atoms with E-state index in [2.05, 4.69) is 16.9 Å². The van der Waals surface area contributed by atoms with Crippen molar-refractivity contribution in [1.82, 2.24) is 5.43 Å². The van der Waals surface area contributed by atoms with Gasteiger partial charge in [0, 0.05) is 16.1 Å². The summed E-state index contributed by atoms with van der Waals surface area (Å²) in [5.41, 5.74) is 7.11. The highest BCUT2D eigenvalue weighted by Gasteiger charge is 2.18. The molecule has 0 atom stereocenters. The van der Waals surface area contributed by atoms with Gasteiger partial charge in [-0.2, -0.15) is 5.26 Å². The van der Waals surface area contributed by atoms with Crippen molar-refractivity contribution in [1.29, 1.82) is 5.26 Å². The molecule has 2 rings (SSSR count). The second kappa shape index (κ2) is 7.55. The van der Waals surface area contributed by atoms with Crippen molar-refractivity contribution in [3.05, 3.63) is 62.6 Å². The number of nitriles is 1. The van der Waals surface area contributed by atoms with Gasteiger partial charge < -0.3 is 10.9 Å². The second-order valence-electron chi connectivity index (χ2n) is 4.47. The highest BCUT2D eigenvalue weighted by molar-refractivity contribution is 6.39. The van der Waals surface area contributed by atoms with Crippen molar-refractivity contribution < 1.29 is 0 Å². The van der Waals surface area contributed by atoms with E-state index in [1.54, 1.807) is 36.4 Å². The summed E-state index contributed by atoms with van der Waals surface area (Å²) in [6, 6.07) is 12.1. The maximum atomic E-state index is 9.59. The SMILES string of the molecule is N#C/C(=C(/NN)c1ccc(Cl)cc1)c1c(Cl)cc(NN)cc1Cl. The van der Waals surface area contributed by atoms with E-state index in [1.165, 1.54) is 0 Å². The molecule has 2 aromatic carbocycles. The number of hydrazine groups is 2. The predicted octanol–water partition coefficient (Wildman–Crippen LogP) is 3.79. The summed E-state index contributed by atoms with van der Waals surface area (Å²) in [6.45, 7) is 0. The van der Waals surface area contributed by atoms with Crippen LogP contribution in [0.3, 0.4) is 0 Å². The zero-order valence-corrected chi connectivity index (χ0v) is 14.0. The average molecular weight is 369 g/mol. The van der Waals surface area contributed by atoms with Crippen LogP contribution in [0.25, 0.3) is 11.3 Å². The molecule has 118 valence electrons. The van der Waals surface area contributed by atoms with Gasteiger partial charge in [-0.05, 0) is 24.3 Å². The van der Waals surface area contributed by atoms with E-state index < -0.39 is 0 Å². The van der Waals surface area contributed by atoms with E-state index in [0.717, 1.165) is 0 Å². The first-order chi connectivity index (χ1) is 11.0. The van der Waals surface area contributed by atoms with Crippen LogP contribution in [0.15, 0.2) is 36.4 Å². The van der Waals surface area contributed by atoms with E-state index in [0.29, 0.717) is 27.5 Å². The van der Waals surface area contributed by atoms with Crippen molar-refractivity contribution in [2.45, 2.75) is 0 Å². The standard InChI is InChI=1S/C15H12Cl3N5/c16-9-3-1-8(2-4-9)15(23-21)11(7-19)14-12(17)5-10(22-20)6-13(14)18/h1-6,22-23H,20-21H2/b15-11-. The highest BCUT2D eigenvalue weighted by atomic mass is 35.5. The molecule has 5 nitrogen and oxygen atoms in total. The number of hydrogen-bond donors (Lipinski definition) is 4. The molecule has 0 heterocycles. The van der Waals surface area contributed by atoms with E-state index >= 15 is 0 Å². The minimum Gasteiger partial charge on any atom is -0.324 e. The monoisotopic (exact) mass is 367 g/mol. The summed E-state index contributed by atoms with van der Waals surface area (Å²) in [4.78, 5) is 0. The lowest BCUT2D eigenvalue weighted by molar-refractivity contribution is 0.994. The summed E-state index contributed by atoms with van der Waals surface area (Å²) in [6.07, 6.45) is 0. The first-order valence-electron chi connectivity index (χ1n) is 6.34. The van der Waals surface area contributed by atoms with E-state index in [-0.39, 0.29) is 15.6 Å². The van der Waals surface area contributed by atoms with Gasteiger partial charge >= 0.3 is 0 Å². The number of rotatable bonds is 4. The fourth-order valence-corrected chi connectivity index (χ4v) is 2.85. The molecule has 0 unspecified atom stereocenters. The topological polar surface area (TPSA) is 99.9 Å². The van der Waals surface area contributed by atoms with E-state index in [9.17, 15) is 5.26 Å². The van der Waals surface area contributed by atoms with Gasteiger partial charge in [0.2, 0.25) is 0 Å². The molecule has 0 fully saturated rings. The molecule has 2 aromatic rings. The number of nitrogens with zero attached hydrogens (tertiary/aromatic N) is 1. The third kappa shape index (κ3) is 3.70. The maximum absolute atomic E-state index is 9.59. The minimum atomic E-state index is 0.202. The predicted molar refractivity (Wildman–Crippen MR) is 95.5 cm³/mol. The Kier molecular flexibility index (Phi) is 5.72. The van der Waals surface area contributed by atoms with Gasteiger partial charge in [0.15, 0.2) is 0 Å². The van der Waals surface area contributed by atoms with Gasteiger partial charge in [-0.3, -0.25) is 11.7 Å². The normalized spacial score (nSPS) is 11.5. The maximum Gasteiger partial charge on any atom is 0.102 e. The van der Waals surface area contributed by atoms with Crippen LogP contribution in [0.1, 0.15) is 11.1 Å². The number of anilines is 1. The molecule has 0 amide bonds. The largest absolute Gasteiger partial charge is 0.324 e. The third-order valence-electron chi connectivity index (χ3n) is 3.10. The Morgan fingerprint density at radius 3 is 2.00 bits per heavy atom. The number of halogens is 3. The van der Waals surface area contributed by atoms with Crippen molar-refractivity contribution in [3.63, 3.8) is 0 Å². The summed E-state index contributed by atoms with van der Waals surface area (Å²) < 4.78 is 0. The zero-order valence-electron chi connectivity index (χ0n) is 11.7. The highest BCUT2D eigenvalue weighted by Crippen LogP contribution is 2.36. The molecule has 6 N–H and O–H groups in total. The molecular weight excluding hydrogens is 357 g/mol. The molecule has 0 aliphatic rings. The van der Waals surface area contributed by atoms with E-state index in [1.807, 2.05) is 0 Å². The Morgan fingerprint density at radius 2 is 1.57 bits per heavy atom. The minimum absolute atomic E-state index is 0.202. The fourth-order valence-electron chi connectivity index (χ4n) is 2.05. The molecule has 0 saturated carbocycles. The fraction of sp³-hybridized carbons (Fsp3) is 0. The lowest BCUT2D eigenvalue weighted by atomic mass is 10.00. The molecule has 0 radical (unpaired) electrons. The lowest BCUT2D eigenvalue weighted by Gasteiger charge is -2.14. The van der Waals surface area contributed by atoms with Gasteiger partial charge in [0.25, 0.3) is 0 Å². The number of nitrogens with two attached hydrogens (primary N) is 2. The summed E-state index contributed by atoms with van der Waals surface area (Å²) in [5.74, 6) is 11.0. The Balaban J connectivity index is 2.70. The number of hydrogen-bond acceptors (Lipinski definition) is 5. The van der Waals surface area contributed by atoms with E-state index in [4.69, 9.17) is 46.5 Å². The molecule has 8 heteroatoms. The Bertz CT molecular complexity index is 771. The first-order valence-corrected chi connectivity index (χ1v) is 7.48. The first kappa shape index (κ1) is 17.4. The van der Waals surface area contributed by atoms with Crippen molar-refractivity contribution in [3.8, 4) is 6.07 Å². The second-order valence-corrected chi connectivity index (χ2v) is 5.72. The Labute approximate surface area is 148 Å². The molecule has 0 aliphatic heterocycles. The van der Waals surface area contributed by atoms with Crippen molar-refractivity contribution >= 4 is 51.8 Å². The number of nitrogens with one attached hydrogen (secondary N) is 2. The van der Waals surface area contributed by atoms with Crippen LogP contribution in [0.4, 0.5) is 5.69 Å². The van der Waals surface area contributed by atoms with Crippen molar-refractivity contribution in [2.75, 3.05) is 5.43 Å². The lowest BCUT2D eigenvalue weighted by Crippen LogP contribution is -2.21. The van der Waals surface area contributed by atoms with Crippen LogP contribution < -0.4 is 22.5 Å². The van der Waals surface area contributed by atoms with Gasteiger partial charge in [-0.15, -0.1) is 0 Å². The number of benzene rings is 2. The van der Waals surface area contributed by atoms with Gasteiger partial charge in [0.1, 0.15) is 6.07 Å². The van der Waals surface area contributed by atoms with Gasteiger partial charge in [-0.1, -0.05) is 46.9 Å². The molecule has 0 aromatic heterocycles. The summed E-state index contributed by atoms with van der Waals surface area (Å²) in [5, 5.41) is 10.7. The molecule has 23 heavy (non-hydrogen) atoms. The van der Waals surface area contributed by atoms with Crippen molar-refractivity contribution in [2.24, 2.45) is 11.7 Å².